The standard InChI is InChI=1S/C24H22N4O4/c29-23(30)15-17-13-21(27(25-17)19-7-3-1-4-8-19)11-12-22-14-18(16-24(31)32)26-28(22)20-9-5-2-6-10-20/h1-10,13-14H,11-12,15-16H2,(H,29,30)(H,31,32). The lowest BCUT2D eigenvalue weighted by molar-refractivity contribution is -0.137. The van der Waals surface area contributed by atoms with Crippen LogP contribution in [0.15, 0.2) is 72.8 Å². The van der Waals surface area contributed by atoms with E-state index in [1.54, 1.807) is 9.36 Å². The van der Waals surface area contributed by atoms with E-state index in [2.05, 4.69) is 10.2 Å². The molecule has 0 fully saturated rings. The van der Waals surface area contributed by atoms with E-state index in [0.717, 1.165) is 22.8 Å². The van der Waals surface area contributed by atoms with E-state index in [4.69, 9.17) is 0 Å². The molecule has 0 bridgehead atoms. The summed E-state index contributed by atoms with van der Waals surface area (Å²) in [7, 11) is 0. The van der Waals surface area contributed by atoms with Crippen LogP contribution in [0, 0.1) is 0 Å². The molecule has 4 rings (SSSR count). The first-order valence-electron chi connectivity index (χ1n) is 10.2. The van der Waals surface area contributed by atoms with Crippen LogP contribution in [0.25, 0.3) is 11.4 Å². The number of aryl methyl sites for hydroxylation is 2. The zero-order chi connectivity index (χ0) is 22.5. The van der Waals surface area contributed by atoms with Crippen LogP contribution in [-0.2, 0) is 35.3 Å². The number of carbonyl (C=O) groups is 2. The maximum Gasteiger partial charge on any atom is 0.309 e. The zero-order valence-electron chi connectivity index (χ0n) is 17.3. The second-order valence-electron chi connectivity index (χ2n) is 7.39. The normalized spacial score (nSPS) is 10.9. The van der Waals surface area contributed by atoms with Gasteiger partial charge < -0.3 is 10.2 Å². The fraction of sp³-hybridized carbons (Fsp3) is 0.167. The Labute approximate surface area is 184 Å². The molecule has 2 aromatic carbocycles. The van der Waals surface area contributed by atoms with E-state index >= 15 is 0 Å². The molecule has 0 amide bonds. The lowest BCUT2D eigenvalue weighted by atomic mass is 10.1. The molecular formula is C24H22N4O4. The summed E-state index contributed by atoms with van der Waals surface area (Å²) in [5, 5.41) is 27.3. The fourth-order valence-corrected chi connectivity index (χ4v) is 3.63. The Morgan fingerprint density at radius 1 is 0.656 bits per heavy atom. The molecule has 0 unspecified atom stereocenters. The Hall–Kier alpha value is -4.20. The Balaban J connectivity index is 1.66. The van der Waals surface area contributed by atoms with E-state index in [1.165, 1.54) is 0 Å². The summed E-state index contributed by atoms with van der Waals surface area (Å²) in [5.74, 6) is -1.87. The van der Waals surface area contributed by atoms with Crippen LogP contribution in [-0.4, -0.2) is 41.7 Å². The maximum atomic E-state index is 11.2. The van der Waals surface area contributed by atoms with Gasteiger partial charge in [-0.3, -0.25) is 9.59 Å². The molecule has 0 aliphatic heterocycles. The summed E-state index contributed by atoms with van der Waals surface area (Å²) < 4.78 is 3.53. The molecule has 0 atom stereocenters. The Morgan fingerprint density at radius 3 is 1.38 bits per heavy atom. The smallest absolute Gasteiger partial charge is 0.309 e. The minimum Gasteiger partial charge on any atom is -0.481 e. The van der Waals surface area contributed by atoms with Gasteiger partial charge in [-0.25, -0.2) is 9.36 Å². The molecule has 0 saturated heterocycles. The lowest BCUT2D eigenvalue weighted by Gasteiger charge is -2.09. The van der Waals surface area contributed by atoms with E-state index in [-0.39, 0.29) is 12.8 Å². The van der Waals surface area contributed by atoms with Crippen molar-refractivity contribution >= 4 is 11.9 Å². The molecule has 0 aliphatic rings. The number of aliphatic carboxylic acids is 2. The van der Waals surface area contributed by atoms with Gasteiger partial charge in [0.2, 0.25) is 0 Å². The zero-order valence-corrected chi connectivity index (χ0v) is 17.3. The van der Waals surface area contributed by atoms with Gasteiger partial charge in [0, 0.05) is 11.4 Å². The average molecular weight is 430 g/mol. The quantitative estimate of drug-likeness (QED) is 0.422. The van der Waals surface area contributed by atoms with Gasteiger partial charge in [0.05, 0.1) is 35.6 Å². The Bertz CT molecular complexity index is 1130. The van der Waals surface area contributed by atoms with Crippen molar-refractivity contribution < 1.29 is 19.8 Å². The number of aromatic nitrogens is 4. The van der Waals surface area contributed by atoms with Gasteiger partial charge in [-0.2, -0.15) is 10.2 Å². The van der Waals surface area contributed by atoms with Crippen LogP contribution >= 0.6 is 0 Å². The highest BCUT2D eigenvalue weighted by Gasteiger charge is 2.16. The largest absolute Gasteiger partial charge is 0.481 e. The van der Waals surface area contributed by atoms with E-state index in [9.17, 15) is 19.8 Å². The van der Waals surface area contributed by atoms with E-state index in [0.29, 0.717) is 24.2 Å². The summed E-state index contributed by atoms with van der Waals surface area (Å²) in [4.78, 5) is 22.4. The summed E-state index contributed by atoms with van der Waals surface area (Å²) >= 11 is 0. The first kappa shape index (κ1) is 21.0. The molecule has 2 heterocycles. The van der Waals surface area contributed by atoms with Crippen molar-refractivity contribution in [3.8, 4) is 11.4 Å². The van der Waals surface area contributed by atoms with Crippen molar-refractivity contribution in [3.05, 3.63) is 95.6 Å². The van der Waals surface area contributed by atoms with Crippen molar-refractivity contribution in [3.63, 3.8) is 0 Å². The lowest BCUT2D eigenvalue weighted by Crippen LogP contribution is -2.07. The molecule has 162 valence electrons. The van der Waals surface area contributed by atoms with Gasteiger partial charge in [0.1, 0.15) is 0 Å². The van der Waals surface area contributed by atoms with Gasteiger partial charge in [-0.05, 0) is 49.2 Å². The number of rotatable bonds is 9. The van der Waals surface area contributed by atoms with Crippen molar-refractivity contribution in [1.29, 1.82) is 0 Å². The third-order valence-electron chi connectivity index (χ3n) is 4.97. The minimum atomic E-state index is -0.935. The fourth-order valence-electron chi connectivity index (χ4n) is 3.63. The van der Waals surface area contributed by atoms with Crippen LogP contribution in [0.1, 0.15) is 22.8 Å². The van der Waals surface area contributed by atoms with Gasteiger partial charge in [-0.1, -0.05) is 36.4 Å². The number of carboxylic acid groups (broad SMARTS) is 2. The van der Waals surface area contributed by atoms with Gasteiger partial charge in [0.15, 0.2) is 0 Å². The van der Waals surface area contributed by atoms with Gasteiger partial charge >= 0.3 is 11.9 Å². The predicted octanol–water partition coefficient (Wildman–Crippen LogP) is 3.10. The van der Waals surface area contributed by atoms with Crippen molar-refractivity contribution in [2.75, 3.05) is 0 Å². The topological polar surface area (TPSA) is 110 Å². The summed E-state index contributed by atoms with van der Waals surface area (Å²) in [6.07, 6.45) is 0.841. The molecular weight excluding hydrogens is 408 g/mol. The first-order chi connectivity index (χ1) is 15.5. The third kappa shape index (κ3) is 4.92. The monoisotopic (exact) mass is 430 g/mol. The van der Waals surface area contributed by atoms with Crippen molar-refractivity contribution in [2.45, 2.75) is 25.7 Å². The van der Waals surface area contributed by atoms with E-state index in [1.807, 2.05) is 72.8 Å². The molecule has 8 nitrogen and oxygen atoms in total. The second-order valence-corrected chi connectivity index (χ2v) is 7.39. The Morgan fingerprint density at radius 2 is 1.03 bits per heavy atom. The van der Waals surface area contributed by atoms with Gasteiger partial charge in [-0.15, -0.1) is 0 Å². The average Bonchev–Trinajstić information content (AvgIpc) is 3.36. The molecule has 0 spiro atoms. The highest BCUT2D eigenvalue weighted by Crippen LogP contribution is 2.19. The van der Waals surface area contributed by atoms with Crippen LogP contribution in [0.2, 0.25) is 0 Å². The molecule has 0 aliphatic carbocycles. The molecule has 32 heavy (non-hydrogen) atoms. The van der Waals surface area contributed by atoms with Crippen molar-refractivity contribution in [1.82, 2.24) is 19.6 Å². The third-order valence-corrected chi connectivity index (χ3v) is 4.97. The highest BCUT2D eigenvalue weighted by atomic mass is 16.4. The number of hydrogen-bond acceptors (Lipinski definition) is 4. The molecule has 4 aromatic rings. The molecule has 2 aromatic heterocycles. The summed E-state index contributed by atoms with van der Waals surface area (Å²) in [6.45, 7) is 0. The maximum absolute atomic E-state index is 11.2. The summed E-state index contributed by atoms with van der Waals surface area (Å²) in [5.41, 5.74) is 4.41. The number of nitrogens with zero attached hydrogens (tertiary/aromatic N) is 4. The number of hydrogen-bond donors (Lipinski definition) is 2. The second kappa shape index (κ2) is 9.30. The molecule has 2 N–H and O–H groups in total. The Kier molecular flexibility index (Phi) is 6.12. The molecule has 0 radical (unpaired) electrons. The van der Waals surface area contributed by atoms with E-state index < -0.39 is 11.9 Å². The van der Waals surface area contributed by atoms with Crippen molar-refractivity contribution in [2.24, 2.45) is 0 Å². The molecule has 8 heteroatoms. The first-order valence-corrected chi connectivity index (χ1v) is 10.2. The number of carboxylic acids is 2. The SMILES string of the molecule is O=C(O)Cc1cc(CCc2cc(CC(=O)O)nn2-c2ccccc2)n(-c2ccccc2)n1. The predicted molar refractivity (Wildman–Crippen MR) is 117 cm³/mol. The number of benzene rings is 2. The van der Waals surface area contributed by atoms with Crippen LogP contribution in [0.5, 0.6) is 0 Å². The van der Waals surface area contributed by atoms with Crippen LogP contribution in [0.3, 0.4) is 0 Å². The summed E-state index contributed by atoms with van der Waals surface area (Å²) in [6, 6.07) is 22.7. The van der Waals surface area contributed by atoms with Gasteiger partial charge in [0.25, 0.3) is 0 Å². The van der Waals surface area contributed by atoms with Crippen LogP contribution in [0.4, 0.5) is 0 Å². The molecule has 0 saturated carbocycles. The number of para-hydroxylation sites is 2. The highest BCUT2D eigenvalue weighted by molar-refractivity contribution is 5.70. The minimum absolute atomic E-state index is 0.155. The van der Waals surface area contributed by atoms with Crippen LogP contribution < -0.4 is 0 Å².